The monoisotopic (exact) mass is 367 g/mol. The Morgan fingerprint density at radius 3 is 3.05 bits per heavy atom. The van der Waals surface area contributed by atoms with Gasteiger partial charge in [-0.1, -0.05) is 6.92 Å². The van der Waals surface area contributed by atoms with Crippen molar-refractivity contribution in [1.29, 1.82) is 0 Å². The van der Waals surface area contributed by atoms with Crippen LogP contribution in [-0.4, -0.2) is 46.8 Å². The maximum Gasteiger partial charge on any atom is 0.162 e. The molecule has 1 aliphatic heterocycles. The lowest BCUT2D eigenvalue weighted by molar-refractivity contribution is 0.559. The Bertz CT molecular complexity index is 669. The summed E-state index contributed by atoms with van der Waals surface area (Å²) in [5, 5.41) is 7.79. The molecule has 8 heteroatoms. The van der Waals surface area contributed by atoms with Gasteiger partial charge < -0.3 is 21.7 Å². The highest BCUT2D eigenvalue weighted by molar-refractivity contribution is 9.10. The van der Waals surface area contributed by atoms with Gasteiger partial charge in [-0.2, -0.15) is 9.61 Å². The number of rotatable bonds is 5. The second-order valence-electron chi connectivity index (χ2n) is 5.57. The zero-order valence-electron chi connectivity index (χ0n) is 12.7. The predicted molar refractivity (Wildman–Crippen MR) is 92.2 cm³/mol. The van der Waals surface area contributed by atoms with Gasteiger partial charge in [0.15, 0.2) is 5.65 Å². The molecule has 1 fully saturated rings. The molecule has 3 heterocycles. The topological polar surface area (TPSA) is 97.5 Å². The zero-order chi connectivity index (χ0) is 15.7. The minimum Gasteiger partial charge on any atom is -0.383 e. The predicted octanol–water partition coefficient (Wildman–Crippen LogP) is 0.763. The largest absolute Gasteiger partial charge is 0.383 e. The molecular weight excluding hydrogens is 346 g/mol. The standard InChI is InChI=1S/C14H22BrN7/c1-2-9-7-19-22-12(17)11(15)14(20-13(9)22)21-6-3-10(8-21)18-5-4-16/h7,10,18H,2-6,8,16-17H2,1H3/t10-/m0/s1. The highest BCUT2D eigenvalue weighted by atomic mass is 79.9. The highest BCUT2D eigenvalue weighted by Crippen LogP contribution is 2.33. The van der Waals surface area contributed by atoms with E-state index in [2.05, 4.69) is 38.2 Å². The lowest BCUT2D eigenvalue weighted by Crippen LogP contribution is -2.36. The van der Waals surface area contributed by atoms with Gasteiger partial charge in [-0.15, -0.1) is 0 Å². The molecule has 2 aromatic heterocycles. The Balaban J connectivity index is 1.92. The van der Waals surface area contributed by atoms with Crippen molar-refractivity contribution in [3.63, 3.8) is 0 Å². The number of hydrogen-bond acceptors (Lipinski definition) is 6. The molecule has 0 saturated carbocycles. The lowest BCUT2D eigenvalue weighted by atomic mass is 10.2. The Morgan fingerprint density at radius 2 is 2.32 bits per heavy atom. The van der Waals surface area contributed by atoms with Crippen LogP contribution in [0.2, 0.25) is 0 Å². The average Bonchev–Trinajstić information content (AvgIpc) is 3.15. The van der Waals surface area contributed by atoms with Crippen LogP contribution in [0.5, 0.6) is 0 Å². The number of aromatic nitrogens is 3. The molecule has 0 bridgehead atoms. The molecule has 1 atom stereocenters. The second-order valence-corrected chi connectivity index (χ2v) is 6.36. The van der Waals surface area contributed by atoms with Gasteiger partial charge in [-0.05, 0) is 28.8 Å². The first-order chi connectivity index (χ1) is 10.7. The van der Waals surface area contributed by atoms with Crippen molar-refractivity contribution in [2.24, 2.45) is 5.73 Å². The molecule has 0 amide bonds. The second kappa shape index (κ2) is 6.39. The molecular formula is C14H22BrN7. The third-order valence-corrected chi connectivity index (χ3v) is 4.88. The summed E-state index contributed by atoms with van der Waals surface area (Å²) in [5.74, 6) is 1.50. The van der Waals surface area contributed by atoms with Crippen LogP contribution in [0.1, 0.15) is 18.9 Å². The molecule has 2 aromatic rings. The molecule has 7 nitrogen and oxygen atoms in total. The Labute approximate surface area is 138 Å². The molecule has 1 saturated heterocycles. The number of fused-ring (bicyclic) bond motifs is 1. The van der Waals surface area contributed by atoms with Crippen molar-refractivity contribution in [2.75, 3.05) is 36.8 Å². The highest BCUT2D eigenvalue weighted by Gasteiger charge is 2.26. The van der Waals surface area contributed by atoms with Crippen molar-refractivity contribution >= 4 is 33.2 Å². The number of halogens is 1. The zero-order valence-corrected chi connectivity index (χ0v) is 14.3. The van der Waals surface area contributed by atoms with Crippen molar-refractivity contribution in [1.82, 2.24) is 19.9 Å². The first kappa shape index (κ1) is 15.5. The maximum absolute atomic E-state index is 6.22. The van der Waals surface area contributed by atoms with Gasteiger partial charge in [0.25, 0.3) is 0 Å². The van der Waals surface area contributed by atoms with E-state index >= 15 is 0 Å². The molecule has 0 aromatic carbocycles. The van der Waals surface area contributed by atoms with E-state index in [9.17, 15) is 0 Å². The van der Waals surface area contributed by atoms with Gasteiger partial charge in [-0.25, -0.2) is 4.98 Å². The summed E-state index contributed by atoms with van der Waals surface area (Å²) in [6.07, 6.45) is 3.81. The average molecular weight is 368 g/mol. The van der Waals surface area contributed by atoms with Crippen LogP contribution in [0.25, 0.3) is 5.65 Å². The summed E-state index contributed by atoms with van der Waals surface area (Å²) < 4.78 is 2.51. The van der Waals surface area contributed by atoms with E-state index in [-0.39, 0.29) is 0 Å². The van der Waals surface area contributed by atoms with Gasteiger partial charge in [0.1, 0.15) is 16.1 Å². The van der Waals surface area contributed by atoms with Crippen molar-refractivity contribution in [3.8, 4) is 0 Å². The number of anilines is 2. The molecule has 0 unspecified atom stereocenters. The fourth-order valence-electron chi connectivity index (χ4n) is 2.89. The smallest absolute Gasteiger partial charge is 0.162 e. The molecule has 5 N–H and O–H groups in total. The van der Waals surface area contributed by atoms with Crippen LogP contribution in [0.15, 0.2) is 10.7 Å². The van der Waals surface area contributed by atoms with E-state index < -0.39 is 0 Å². The number of hydrogen-bond donors (Lipinski definition) is 3. The Morgan fingerprint density at radius 1 is 1.50 bits per heavy atom. The van der Waals surface area contributed by atoms with Gasteiger partial charge in [0.05, 0.1) is 6.20 Å². The third-order valence-electron chi connectivity index (χ3n) is 4.12. The summed E-state index contributed by atoms with van der Waals surface area (Å²) in [5.41, 5.74) is 13.7. The van der Waals surface area contributed by atoms with Gasteiger partial charge in [0.2, 0.25) is 0 Å². The van der Waals surface area contributed by atoms with E-state index in [1.807, 2.05) is 6.20 Å². The van der Waals surface area contributed by atoms with Crippen LogP contribution >= 0.6 is 15.9 Å². The van der Waals surface area contributed by atoms with Gasteiger partial charge in [0, 0.05) is 37.8 Å². The summed E-state index contributed by atoms with van der Waals surface area (Å²) in [4.78, 5) is 7.08. The molecule has 3 rings (SSSR count). The van der Waals surface area contributed by atoms with E-state index in [4.69, 9.17) is 16.5 Å². The number of nitrogens with two attached hydrogens (primary N) is 2. The first-order valence-electron chi connectivity index (χ1n) is 7.65. The van der Waals surface area contributed by atoms with E-state index in [1.165, 1.54) is 0 Å². The molecule has 22 heavy (non-hydrogen) atoms. The van der Waals surface area contributed by atoms with Crippen molar-refractivity contribution in [2.45, 2.75) is 25.8 Å². The van der Waals surface area contributed by atoms with Crippen molar-refractivity contribution in [3.05, 3.63) is 16.2 Å². The van der Waals surface area contributed by atoms with Gasteiger partial charge in [-0.3, -0.25) is 0 Å². The number of nitrogens with zero attached hydrogens (tertiary/aromatic N) is 4. The Kier molecular flexibility index (Phi) is 4.51. The summed E-state index contributed by atoms with van der Waals surface area (Å²) in [6, 6.07) is 0.449. The maximum atomic E-state index is 6.22. The molecule has 0 aliphatic carbocycles. The number of nitrogen functional groups attached to an aromatic ring is 1. The molecule has 0 radical (unpaired) electrons. The molecule has 0 spiro atoms. The van der Waals surface area contributed by atoms with E-state index in [0.717, 1.165) is 54.0 Å². The molecule has 1 aliphatic rings. The van der Waals surface area contributed by atoms with Crippen LogP contribution in [0.4, 0.5) is 11.6 Å². The normalized spacial score (nSPS) is 18.5. The molecule has 120 valence electrons. The van der Waals surface area contributed by atoms with Crippen LogP contribution in [-0.2, 0) is 6.42 Å². The summed E-state index contributed by atoms with van der Waals surface area (Å²) >= 11 is 3.58. The van der Waals surface area contributed by atoms with Crippen LogP contribution in [0, 0.1) is 0 Å². The van der Waals surface area contributed by atoms with Crippen LogP contribution in [0.3, 0.4) is 0 Å². The minimum absolute atomic E-state index is 0.449. The third kappa shape index (κ3) is 2.66. The number of aryl methyl sites for hydroxylation is 1. The quantitative estimate of drug-likeness (QED) is 0.721. The minimum atomic E-state index is 0.449. The fourth-order valence-corrected chi connectivity index (χ4v) is 3.40. The van der Waals surface area contributed by atoms with Gasteiger partial charge >= 0.3 is 0 Å². The van der Waals surface area contributed by atoms with E-state index in [0.29, 0.717) is 18.4 Å². The number of nitrogens with one attached hydrogen (secondary N) is 1. The first-order valence-corrected chi connectivity index (χ1v) is 8.45. The fraction of sp³-hybridized carbons (Fsp3) is 0.571. The lowest BCUT2D eigenvalue weighted by Gasteiger charge is -2.20. The van der Waals surface area contributed by atoms with E-state index in [1.54, 1.807) is 4.52 Å². The summed E-state index contributed by atoms with van der Waals surface area (Å²) in [6.45, 7) is 5.47. The summed E-state index contributed by atoms with van der Waals surface area (Å²) in [7, 11) is 0. The Hall–Kier alpha value is -1.38. The SMILES string of the molecule is CCc1cnn2c(N)c(Br)c(N3CC[C@H](NCCN)C3)nc12. The van der Waals surface area contributed by atoms with Crippen LogP contribution < -0.4 is 21.7 Å². The van der Waals surface area contributed by atoms with Crippen molar-refractivity contribution < 1.29 is 0 Å².